The predicted molar refractivity (Wildman–Crippen MR) is 117 cm³/mol. The molecule has 1 N–H and O–H groups in total. The Balaban J connectivity index is 1.36. The Hall–Kier alpha value is -1.95. The van der Waals surface area contributed by atoms with Crippen LogP contribution in [0, 0.1) is 11.7 Å². The highest BCUT2D eigenvalue weighted by Crippen LogP contribution is 2.50. The summed E-state index contributed by atoms with van der Waals surface area (Å²) in [5, 5.41) is 10.5. The van der Waals surface area contributed by atoms with Crippen molar-refractivity contribution in [1.82, 2.24) is 4.90 Å². The molecule has 2 bridgehead atoms. The van der Waals surface area contributed by atoms with Gasteiger partial charge in [0.05, 0.1) is 18.1 Å². The van der Waals surface area contributed by atoms with Gasteiger partial charge in [0.15, 0.2) is 0 Å². The second-order valence-electron chi connectivity index (χ2n) is 9.21. The number of hydrogen-bond donors (Lipinski definition) is 1. The van der Waals surface area contributed by atoms with Crippen LogP contribution in [0.5, 0.6) is 0 Å². The molecule has 0 saturated carbocycles. The number of rotatable bonds is 5. The highest BCUT2D eigenvalue weighted by molar-refractivity contribution is 6.31. The zero-order chi connectivity index (χ0) is 21.6. The number of carbonyl (C=O) groups is 1. The van der Waals surface area contributed by atoms with E-state index in [1.165, 1.54) is 6.07 Å². The van der Waals surface area contributed by atoms with Gasteiger partial charge in [-0.3, -0.25) is 9.69 Å². The van der Waals surface area contributed by atoms with Crippen LogP contribution in [-0.4, -0.2) is 41.2 Å². The van der Waals surface area contributed by atoms with Crippen LogP contribution in [0.3, 0.4) is 0 Å². The van der Waals surface area contributed by atoms with Crippen molar-refractivity contribution in [3.05, 3.63) is 70.0 Å². The fourth-order valence-corrected chi connectivity index (χ4v) is 6.21. The molecule has 31 heavy (non-hydrogen) atoms. The average Bonchev–Trinajstić information content (AvgIpc) is 2.98. The summed E-state index contributed by atoms with van der Waals surface area (Å²) in [7, 11) is 0. The minimum atomic E-state index is -0.783. The Labute approximate surface area is 187 Å². The summed E-state index contributed by atoms with van der Waals surface area (Å²) in [6.07, 6.45) is 4.93. The van der Waals surface area contributed by atoms with Gasteiger partial charge in [0.1, 0.15) is 5.82 Å². The second-order valence-corrected chi connectivity index (χ2v) is 9.62. The van der Waals surface area contributed by atoms with E-state index in [-0.39, 0.29) is 23.5 Å². The fraction of sp³-hybridized carbons (Fsp3) is 0.480. The second kappa shape index (κ2) is 8.19. The van der Waals surface area contributed by atoms with Crippen molar-refractivity contribution < 1.29 is 19.0 Å². The highest BCUT2D eigenvalue weighted by Gasteiger charge is 2.52. The standard InChI is InChI=1S/C25H27ClFNO3/c26-23-4-2-1-3-17(23)11-18(24(29)30)15-28-20-6-7-21(28)14-25(13-20)22-8-5-19(27)12-16(22)9-10-31-25/h1-5,8,12,18,20-21H,6-7,9-11,13-15H2,(H,29,30). The highest BCUT2D eigenvalue weighted by atomic mass is 35.5. The zero-order valence-electron chi connectivity index (χ0n) is 17.4. The monoisotopic (exact) mass is 443 g/mol. The third-order valence-corrected chi connectivity index (χ3v) is 7.78. The summed E-state index contributed by atoms with van der Waals surface area (Å²) >= 11 is 6.29. The molecule has 2 aromatic rings. The molecule has 3 aliphatic rings. The molecule has 4 nitrogen and oxygen atoms in total. The number of aliphatic carboxylic acids is 1. The maximum Gasteiger partial charge on any atom is 0.308 e. The van der Waals surface area contributed by atoms with Crippen LogP contribution < -0.4 is 0 Å². The Bertz CT molecular complexity index is 982. The van der Waals surface area contributed by atoms with Crippen molar-refractivity contribution in [2.45, 2.75) is 56.2 Å². The summed E-state index contributed by atoms with van der Waals surface area (Å²) in [6, 6.07) is 13.1. The molecular weight excluding hydrogens is 417 g/mol. The van der Waals surface area contributed by atoms with Crippen LogP contribution in [0.2, 0.25) is 5.02 Å². The van der Waals surface area contributed by atoms with Crippen LogP contribution >= 0.6 is 11.6 Å². The quantitative estimate of drug-likeness (QED) is 0.720. The Morgan fingerprint density at radius 1 is 1.23 bits per heavy atom. The largest absolute Gasteiger partial charge is 0.481 e. The van der Waals surface area contributed by atoms with Crippen LogP contribution in [0.25, 0.3) is 0 Å². The summed E-state index contributed by atoms with van der Waals surface area (Å²) < 4.78 is 20.2. The van der Waals surface area contributed by atoms with E-state index in [2.05, 4.69) is 4.90 Å². The lowest BCUT2D eigenvalue weighted by atomic mass is 9.76. The number of nitrogens with zero attached hydrogens (tertiary/aromatic N) is 1. The normalized spacial score (nSPS) is 28.5. The minimum absolute atomic E-state index is 0.194. The van der Waals surface area contributed by atoms with Crippen molar-refractivity contribution in [2.75, 3.05) is 13.2 Å². The summed E-state index contributed by atoms with van der Waals surface area (Å²) in [6.45, 7) is 1.13. The molecule has 5 rings (SSSR count). The molecule has 2 fully saturated rings. The van der Waals surface area contributed by atoms with E-state index < -0.39 is 11.9 Å². The smallest absolute Gasteiger partial charge is 0.308 e. The lowest BCUT2D eigenvalue weighted by Gasteiger charge is -2.49. The van der Waals surface area contributed by atoms with Gasteiger partial charge in [-0.1, -0.05) is 35.9 Å². The number of hydrogen-bond acceptors (Lipinski definition) is 3. The van der Waals surface area contributed by atoms with Crippen molar-refractivity contribution >= 4 is 17.6 Å². The van der Waals surface area contributed by atoms with E-state index in [9.17, 15) is 14.3 Å². The van der Waals surface area contributed by atoms with Crippen molar-refractivity contribution in [2.24, 2.45) is 5.92 Å². The molecule has 0 amide bonds. The number of piperidine rings is 1. The number of benzene rings is 2. The maximum atomic E-state index is 13.8. The van der Waals surface area contributed by atoms with E-state index in [4.69, 9.17) is 16.3 Å². The van der Waals surface area contributed by atoms with E-state index in [0.29, 0.717) is 24.6 Å². The minimum Gasteiger partial charge on any atom is -0.481 e. The first-order valence-corrected chi connectivity index (χ1v) is 11.5. The summed E-state index contributed by atoms with van der Waals surface area (Å²) in [5.74, 6) is -1.49. The summed E-state index contributed by atoms with van der Waals surface area (Å²) in [5.41, 5.74) is 2.69. The number of ether oxygens (including phenoxy) is 1. The molecule has 3 aliphatic heterocycles. The fourth-order valence-electron chi connectivity index (χ4n) is 6.00. The third kappa shape index (κ3) is 3.88. The van der Waals surface area contributed by atoms with Gasteiger partial charge in [-0.15, -0.1) is 0 Å². The molecule has 0 aromatic heterocycles. The van der Waals surface area contributed by atoms with E-state index in [1.807, 2.05) is 30.3 Å². The topological polar surface area (TPSA) is 49.8 Å². The van der Waals surface area contributed by atoms with Gasteiger partial charge in [-0.05, 0) is 73.4 Å². The molecule has 3 atom stereocenters. The third-order valence-electron chi connectivity index (χ3n) is 7.41. The SMILES string of the molecule is O=C(O)C(Cc1ccccc1Cl)CN1C2CCC1CC1(C2)OCCc2cc(F)ccc21. The molecule has 0 aliphatic carbocycles. The number of carboxylic acids is 1. The molecule has 1 spiro atoms. The van der Waals surface area contributed by atoms with Gasteiger partial charge in [0, 0.05) is 23.7 Å². The Morgan fingerprint density at radius 2 is 1.97 bits per heavy atom. The molecular formula is C25H27ClFNO3. The lowest BCUT2D eigenvalue weighted by Crippen LogP contribution is -2.53. The lowest BCUT2D eigenvalue weighted by molar-refractivity contribution is -0.145. The van der Waals surface area contributed by atoms with Crippen LogP contribution in [0.4, 0.5) is 4.39 Å². The van der Waals surface area contributed by atoms with Crippen LogP contribution in [0.15, 0.2) is 42.5 Å². The average molecular weight is 444 g/mol. The molecule has 2 saturated heterocycles. The maximum absolute atomic E-state index is 13.8. The van der Waals surface area contributed by atoms with Crippen LogP contribution in [-0.2, 0) is 28.0 Å². The van der Waals surface area contributed by atoms with E-state index in [0.717, 1.165) is 48.8 Å². The van der Waals surface area contributed by atoms with Crippen molar-refractivity contribution in [3.63, 3.8) is 0 Å². The van der Waals surface area contributed by atoms with Gasteiger partial charge in [-0.2, -0.15) is 0 Å². The molecule has 0 radical (unpaired) electrons. The number of fused-ring (bicyclic) bond motifs is 4. The van der Waals surface area contributed by atoms with Gasteiger partial charge in [-0.25, -0.2) is 4.39 Å². The number of halogens is 2. The number of carboxylic acid groups (broad SMARTS) is 1. The van der Waals surface area contributed by atoms with Crippen molar-refractivity contribution in [3.8, 4) is 0 Å². The Kier molecular flexibility index (Phi) is 5.53. The van der Waals surface area contributed by atoms with Gasteiger partial charge >= 0.3 is 5.97 Å². The Morgan fingerprint density at radius 3 is 2.68 bits per heavy atom. The first-order valence-electron chi connectivity index (χ1n) is 11.1. The zero-order valence-corrected chi connectivity index (χ0v) is 18.2. The molecule has 3 unspecified atom stereocenters. The molecule has 2 aromatic carbocycles. The van der Waals surface area contributed by atoms with Gasteiger partial charge < -0.3 is 9.84 Å². The van der Waals surface area contributed by atoms with E-state index in [1.54, 1.807) is 6.07 Å². The van der Waals surface area contributed by atoms with Gasteiger partial charge in [0.2, 0.25) is 0 Å². The van der Waals surface area contributed by atoms with E-state index >= 15 is 0 Å². The summed E-state index contributed by atoms with van der Waals surface area (Å²) in [4.78, 5) is 14.5. The van der Waals surface area contributed by atoms with Crippen molar-refractivity contribution in [1.29, 1.82) is 0 Å². The predicted octanol–water partition coefficient (Wildman–Crippen LogP) is 4.82. The van der Waals surface area contributed by atoms with Crippen LogP contribution in [0.1, 0.15) is 42.4 Å². The van der Waals surface area contributed by atoms with Gasteiger partial charge in [0.25, 0.3) is 0 Å². The molecule has 164 valence electrons. The molecule has 3 heterocycles. The molecule has 6 heteroatoms. The first kappa shape index (κ1) is 20.9. The first-order chi connectivity index (χ1) is 14.9.